The first-order chi connectivity index (χ1) is 9.28. The summed E-state index contributed by atoms with van der Waals surface area (Å²) in [4.78, 5) is 0. The van der Waals surface area contributed by atoms with Gasteiger partial charge in [-0.15, -0.1) is 0 Å². The highest BCUT2D eigenvalue weighted by atomic mass is 79.9. The largest absolute Gasteiger partial charge is 0.489 e. The lowest BCUT2D eigenvalue weighted by molar-refractivity contribution is 0.305. The number of halogens is 2. The quantitative estimate of drug-likeness (QED) is 0.718. The van der Waals surface area contributed by atoms with Crippen LogP contribution in [-0.2, 0) is 6.61 Å². The summed E-state index contributed by atoms with van der Waals surface area (Å²) >= 11 is 3.34. The van der Waals surface area contributed by atoms with Crippen molar-refractivity contribution in [1.82, 2.24) is 0 Å². The Hall–Kier alpha value is -1.61. The summed E-state index contributed by atoms with van der Waals surface area (Å²) in [7, 11) is 0. The fourth-order valence-electron chi connectivity index (χ4n) is 1.65. The first-order valence-electron chi connectivity index (χ1n) is 5.98. The molecule has 0 aromatic heterocycles. The van der Waals surface area contributed by atoms with Crippen molar-refractivity contribution in [2.24, 2.45) is 0 Å². The van der Waals surface area contributed by atoms with Gasteiger partial charge >= 0.3 is 0 Å². The Morgan fingerprint density at radius 1 is 1.11 bits per heavy atom. The molecule has 0 heterocycles. The molecule has 2 rings (SSSR count). The van der Waals surface area contributed by atoms with Crippen molar-refractivity contribution in [3.05, 3.63) is 71.6 Å². The third kappa shape index (κ3) is 4.52. The normalized spacial score (nSPS) is 10.8. The smallest absolute Gasteiger partial charge is 0.123 e. The number of ether oxygens (including phenoxy) is 1. The van der Waals surface area contributed by atoms with Crippen LogP contribution >= 0.6 is 15.9 Å². The summed E-state index contributed by atoms with van der Waals surface area (Å²) in [6, 6.07) is 14.2. The molecule has 0 aliphatic heterocycles. The molecule has 0 unspecified atom stereocenters. The lowest BCUT2D eigenvalue weighted by Gasteiger charge is -2.06. The van der Waals surface area contributed by atoms with Gasteiger partial charge in [0, 0.05) is 5.33 Å². The molecule has 0 aliphatic carbocycles. The highest BCUT2D eigenvalue weighted by molar-refractivity contribution is 9.09. The van der Waals surface area contributed by atoms with Gasteiger partial charge in [0.25, 0.3) is 0 Å². The highest BCUT2D eigenvalue weighted by Gasteiger charge is 1.97. The van der Waals surface area contributed by atoms with Gasteiger partial charge in [0.05, 0.1) is 0 Å². The average molecular weight is 321 g/mol. The zero-order chi connectivity index (χ0) is 13.5. The zero-order valence-electron chi connectivity index (χ0n) is 10.4. The molecule has 2 aromatic rings. The summed E-state index contributed by atoms with van der Waals surface area (Å²) in [6.45, 7) is 0.369. The molecule has 0 aliphatic rings. The van der Waals surface area contributed by atoms with E-state index in [1.807, 2.05) is 42.5 Å². The molecular formula is C16H14BrFO. The molecule has 0 N–H and O–H groups in total. The molecule has 0 bridgehead atoms. The fourth-order valence-corrected chi connectivity index (χ4v) is 1.84. The molecule has 0 fully saturated rings. The fraction of sp³-hybridized carbons (Fsp3) is 0.125. The van der Waals surface area contributed by atoms with Gasteiger partial charge in [-0.1, -0.05) is 52.3 Å². The van der Waals surface area contributed by atoms with Crippen molar-refractivity contribution >= 4 is 22.0 Å². The minimum atomic E-state index is -0.239. The van der Waals surface area contributed by atoms with Crippen LogP contribution in [-0.4, -0.2) is 5.33 Å². The summed E-state index contributed by atoms with van der Waals surface area (Å²) in [5.74, 6) is 0.539. The van der Waals surface area contributed by atoms with Gasteiger partial charge in [-0.3, -0.25) is 0 Å². The van der Waals surface area contributed by atoms with Gasteiger partial charge in [0.15, 0.2) is 0 Å². The van der Waals surface area contributed by atoms with Crippen LogP contribution in [0.4, 0.5) is 4.39 Å². The van der Waals surface area contributed by atoms with E-state index in [1.54, 1.807) is 6.07 Å². The van der Waals surface area contributed by atoms with Crippen LogP contribution in [0.15, 0.2) is 54.6 Å². The van der Waals surface area contributed by atoms with Crippen LogP contribution in [0.5, 0.6) is 5.75 Å². The van der Waals surface area contributed by atoms with Gasteiger partial charge in [0.2, 0.25) is 0 Å². The third-order valence-electron chi connectivity index (χ3n) is 2.57. The van der Waals surface area contributed by atoms with Crippen molar-refractivity contribution < 1.29 is 9.13 Å². The maximum atomic E-state index is 13.0. The Kier molecular flexibility index (Phi) is 5.16. The van der Waals surface area contributed by atoms with Gasteiger partial charge in [-0.25, -0.2) is 4.39 Å². The minimum Gasteiger partial charge on any atom is -0.489 e. The molecule has 1 nitrogen and oxygen atoms in total. The standard InChI is InChI=1S/C16H14BrFO/c17-10-2-4-13-6-8-16(9-7-13)19-12-14-3-1-5-15(18)11-14/h1-9,11H,10,12H2. The summed E-state index contributed by atoms with van der Waals surface area (Å²) in [6.07, 6.45) is 4.06. The van der Waals surface area contributed by atoms with E-state index < -0.39 is 0 Å². The number of rotatable bonds is 5. The topological polar surface area (TPSA) is 9.23 Å². The monoisotopic (exact) mass is 320 g/mol. The van der Waals surface area contributed by atoms with E-state index in [9.17, 15) is 4.39 Å². The number of hydrogen-bond acceptors (Lipinski definition) is 1. The van der Waals surface area contributed by atoms with E-state index in [2.05, 4.69) is 15.9 Å². The molecule has 0 saturated heterocycles. The Morgan fingerprint density at radius 2 is 1.89 bits per heavy atom. The lowest BCUT2D eigenvalue weighted by atomic mass is 10.2. The second-order valence-corrected chi connectivity index (χ2v) is 4.69. The Labute approximate surface area is 120 Å². The second-order valence-electron chi connectivity index (χ2n) is 4.04. The third-order valence-corrected chi connectivity index (χ3v) is 2.95. The van der Waals surface area contributed by atoms with Gasteiger partial charge in [-0.2, -0.15) is 0 Å². The molecule has 0 radical (unpaired) electrons. The molecule has 19 heavy (non-hydrogen) atoms. The molecule has 3 heteroatoms. The van der Waals surface area contributed by atoms with Crippen molar-refractivity contribution in [1.29, 1.82) is 0 Å². The Bertz CT molecular complexity index is 549. The number of benzene rings is 2. The first-order valence-corrected chi connectivity index (χ1v) is 7.10. The maximum absolute atomic E-state index is 13.0. The first kappa shape index (κ1) is 13.8. The van der Waals surface area contributed by atoms with Crippen LogP contribution in [0.3, 0.4) is 0 Å². The molecule has 98 valence electrons. The summed E-state index contributed by atoms with van der Waals surface area (Å²) in [5, 5.41) is 0.838. The van der Waals surface area contributed by atoms with Crippen molar-refractivity contribution in [3.8, 4) is 5.75 Å². The molecule has 2 aromatic carbocycles. The van der Waals surface area contributed by atoms with Crippen LogP contribution in [0.25, 0.3) is 6.08 Å². The van der Waals surface area contributed by atoms with Crippen molar-refractivity contribution in [2.75, 3.05) is 5.33 Å². The number of allylic oxidation sites excluding steroid dienone is 1. The molecule has 0 spiro atoms. The lowest BCUT2D eigenvalue weighted by Crippen LogP contribution is -1.95. The predicted octanol–water partition coefficient (Wildman–Crippen LogP) is 4.81. The van der Waals surface area contributed by atoms with Crippen LogP contribution in [0.2, 0.25) is 0 Å². The summed E-state index contributed by atoms with van der Waals surface area (Å²) in [5.41, 5.74) is 1.95. The van der Waals surface area contributed by atoms with Crippen molar-refractivity contribution in [3.63, 3.8) is 0 Å². The predicted molar refractivity (Wildman–Crippen MR) is 80.0 cm³/mol. The van der Waals surface area contributed by atoms with Gasteiger partial charge in [0.1, 0.15) is 18.2 Å². The second kappa shape index (κ2) is 7.10. The van der Waals surface area contributed by atoms with Crippen LogP contribution in [0.1, 0.15) is 11.1 Å². The van der Waals surface area contributed by atoms with E-state index in [0.29, 0.717) is 6.61 Å². The van der Waals surface area contributed by atoms with E-state index >= 15 is 0 Å². The summed E-state index contributed by atoms with van der Waals surface area (Å²) < 4.78 is 18.6. The minimum absolute atomic E-state index is 0.239. The van der Waals surface area contributed by atoms with E-state index in [0.717, 1.165) is 22.2 Å². The van der Waals surface area contributed by atoms with Crippen LogP contribution < -0.4 is 4.74 Å². The maximum Gasteiger partial charge on any atom is 0.123 e. The zero-order valence-corrected chi connectivity index (χ0v) is 11.9. The van der Waals surface area contributed by atoms with Gasteiger partial charge < -0.3 is 4.74 Å². The van der Waals surface area contributed by atoms with E-state index in [4.69, 9.17) is 4.74 Å². The Morgan fingerprint density at radius 3 is 2.58 bits per heavy atom. The SMILES string of the molecule is Fc1cccc(COc2ccc(C=CCBr)cc2)c1. The Balaban J connectivity index is 1.94. The average Bonchev–Trinajstić information content (AvgIpc) is 2.44. The molecular weight excluding hydrogens is 307 g/mol. The molecule has 0 amide bonds. The van der Waals surface area contributed by atoms with Crippen molar-refractivity contribution in [2.45, 2.75) is 6.61 Å². The van der Waals surface area contributed by atoms with Gasteiger partial charge in [-0.05, 0) is 35.4 Å². The highest BCUT2D eigenvalue weighted by Crippen LogP contribution is 2.15. The molecule has 0 atom stereocenters. The van der Waals surface area contributed by atoms with E-state index in [-0.39, 0.29) is 5.82 Å². The molecule has 0 saturated carbocycles. The van der Waals surface area contributed by atoms with E-state index in [1.165, 1.54) is 12.1 Å². The van der Waals surface area contributed by atoms with Crippen LogP contribution in [0, 0.1) is 5.82 Å². The number of alkyl halides is 1. The number of hydrogen-bond donors (Lipinski definition) is 0.